The first-order valence-corrected chi connectivity index (χ1v) is 6.73. The van der Waals surface area contributed by atoms with Crippen molar-refractivity contribution in [2.75, 3.05) is 0 Å². The van der Waals surface area contributed by atoms with Gasteiger partial charge in [-0.1, -0.05) is 33.6 Å². The normalized spacial score (nSPS) is 12.5. The summed E-state index contributed by atoms with van der Waals surface area (Å²) >= 11 is 9.30. The fraction of sp³-hybridized carbons (Fsp3) is 0.143. The van der Waals surface area contributed by atoms with Crippen molar-refractivity contribution in [1.82, 2.24) is 0 Å². The van der Waals surface area contributed by atoms with Crippen LogP contribution in [0.5, 0.6) is 0 Å². The highest BCUT2D eigenvalue weighted by Gasteiger charge is 2.17. The Labute approximate surface area is 122 Å². The number of rotatable bonds is 2. The summed E-state index contributed by atoms with van der Waals surface area (Å²) < 4.78 is 39.7. The van der Waals surface area contributed by atoms with E-state index in [1.54, 1.807) is 13.0 Å². The Bertz CT molecular complexity index is 608. The maximum atomic E-state index is 13.3. The van der Waals surface area contributed by atoms with E-state index in [2.05, 4.69) is 15.9 Å². The Morgan fingerprint density at radius 2 is 1.58 bits per heavy atom. The third kappa shape index (κ3) is 3.12. The number of hydrogen-bond acceptors (Lipinski definition) is 0. The summed E-state index contributed by atoms with van der Waals surface area (Å²) in [6, 6.07) is 5.95. The molecule has 0 nitrogen and oxygen atoms in total. The average molecular weight is 350 g/mol. The smallest absolute Gasteiger partial charge is 0.127 e. The minimum absolute atomic E-state index is 0.203. The van der Waals surface area contributed by atoms with Crippen molar-refractivity contribution in [3.05, 3.63) is 69.5 Å². The van der Waals surface area contributed by atoms with Gasteiger partial charge in [-0.3, -0.25) is 0 Å². The molecule has 2 aromatic carbocycles. The number of hydrogen-bond donors (Lipinski definition) is 0. The van der Waals surface area contributed by atoms with E-state index >= 15 is 0 Å². The van der Waals surface area contributed by atoms with Crippen molar-refractivity contribution in [3.8, 4) is 0 Å². The van der Waals surface area contributed by atoms with Crippen LogP contribution in [0, 0.1) is 24.4 Å². The van der Waals surface area contributed by atoms with Gasteiger partial charge in [0.25, 0.3) is 0 Å². The van der Waals surface area contributed by atoms with Crippen molar-refractivity contribution >= 4 is 27.5 Å². The molecular formula is C14H9BrClF3. The van der Waals surface area contributed by atoms with Crippen LogP contribution in [0.1, 0.15) is 21.5 Å². The second kappa shape index (κ2) is 5.55. The van der Waals surface area contributed by atoms with Crippen LogP contribution < -0.4 is 0 Å². The lowest BCUT2D eigenvalue weighted by atomic mass is 10.0. The van der Waals surface area contributed by atoms with Crippen molar-refractivity contribution in [3.63, 3.8) is 0 Å². The molecule has 0 heterocycles. The first kappa shape index (κ1) is 14.4. The summed E-state index contributed by atoms with van der Waals surface area (Å²) in [4.78, 5) is -0.510. The minimum Gasteiger partial charge on any atom is -0.207 e. The van der Waals surface area contributed by atoms with Gasteiger partial charge in [0, 0.05) is 11.1 Å². The van der Waals surface area contributed by atoms with E-state index in [1.807, 2.05) is 0 Å². The van der Waals surface area contributed by atoms with Crippen LogP contribution in [-0.4, -0.2) is 0 Å². The molecule has 0 saturated heterocycles. The first-order valence-electron chi connectivity index (χ1n) is 5.44. The SMILES string of the molecule is Cc1cc(C(Br)c2cc(F)cc(F)c2)c(Cl)cc1F. The quantitative estimate of drug-likeness (QED) is 0.624. The third-order valence-electron chi connectivity index (χ3n) is 2.73. The van der Waals surface area contributed by atoms with Gasteiger partial charge in [-0.05, 0) is 41.8 Å². The van der Waals surface area contributed by atoms with Crippen molar-refractivity contribution in [2.45, 2.75) is 11.8 Å². The van der Waals surface area contributed by atoms with E-state index < -0.39 is 22.3 Å². The Hall–Kier alpha value is -1.00. The second-order valence-electron chi connectivity index (χ2n) is 4.19. The number of alkyl halides is 1. The molecule has 0 aromatic heterocycles. The van der Waals surface area contributed by atoms with Crippen LogP contribution in [0.25, 0.3) is 0 Å². The highest BCUT2D eigenvalue weighted by molar-refractivity contribution is 9.09. The molecule has 0 aliphatic carbocycles. The first-order chi connectivity index (χ1) is 8.88. The molecule has 0 fully saturated rings. The molecule has 2 rings (SSSR count). The molecule has 0 bridgehead atoms. The number of aryl methyl sites for hydroxylation is 1. The predicted molar refractivity (Wildman–Crippen MR) is 73.3 cm³/mol. The standard InChI is InChI=1S/C14H9BrClF3/c1-7-2-11(12(16)6-13(7)19)14(15)8-3-9(17)5-10(18)4-8/h2-6,14H,1H3. The zero-order valence-corrected chi connectivity index (χ0v) is 12.2. The van der Waals surface area contributed by atoms with Crippen LogP contribution in [0.2, 0.25) is 5.02 Å². The Kier molecular flexibility index (Phi) is 4.21. The highest BCUT2D eigenvalue weighted by atomic mass is 79.9. The van der Waals surface area contributed by atoms with Crippen molar-refractivity contribution in [2.24, 2.45) is 0 Å². The molecule has 2 aromatic rings. The van der Waals surface area contributed by atoms with Crippen LogP contribution >= 0.6 is 27.5 Å². The second-order valence-corrected chi connectivity index (χ2v) is 5.51. The lowest BCUT2D eigenvalue weighted by molar-refractivity contribution is 0.580. The van der Waals surface area contributed by atoms with E-state index in [0.29, 0.717) is 16.7 Å². The molecule has 0 radical (unpaired) electrons. The van der Waals surface area contributed by atoms with Crippen LogP contribution in [0.3, 0.4) is 0 Å². The lowest BCUT2D eigenvalue weighted by Crippen LogP contribution is -1.98. The van der Waals surface area contributed by atoms with Crippen LogP contribution in [0.4, 0.5) is 13.2 Å². The van der Waals surface area contributed by atoms with Gasteiger partial charge < -0.3 is 0 Å². The summed E-state index contributed by atoms with van der Waals surface area (Å²) in [5.41, 5.74) is 1.36. The predicted octanol–water partition coefficient (Wildman–Crippen LogP) is 5.55. The summed E-state index contributed by atoms with van der Waals surface area (Å²) in [6.45, 7) is 1.60. The average Bonchev–Trinajstić information content (AvgIpc) is 2.31. The Morgan fingerprint density at radius 1 is 1.00 bits per heavy atom. The molecule has 100 valence electrons. The molecule has 0 amide bonds. The Morgan fingerprint density at radius 3 is 2.16 bits per heavy atom. The van der Waals surface area contributed by atoms with Gasteiger partial charge in [-0.2, -0.15) is 0 Å². The van der Waals surface area contributed by atoms with Gasteiger partial charge in [0.05, 0.1) is 4.83 Å². The maximum Gasteiger partial charge on any atom is 0.127 e. The lowest BCUT2D eigenvalue weighted by Gasteiger charge is -2.14. The molecule has 0 aliphatic heterocycles. The van der Waals surface area contributed by atoms with E-state index in [4.69, 9.17) is 11.6 Å². The van der Waals surface area contributed by atoms with Crippen molar-refractivity contribution in [1.29, 1.82) is 0 Å². The fourth-order valence-electron chi connectivity index (χ4n) is 1.77. The third-order valence-corrected chi connectivity index (χ3v) is 4.08. The van der Waals surface area contributed by atoms with Gasteiger partial charge in [0.15, 0.2) is 0 Å². The van der Waals surface area contributed by atoms with E-state index in [9.17, 15) is 13.2 Å². The minimum atomic E-state index is -0.672. The monoisotopic (exact) mass is 348 g/mol. The highest BCUT2D eigenvalue weighted by Crippen LogP contribution is 2.36. The molecule has 0 N–H and O–H groups in total. The zero-order chi connectivity index (χ0) is 14.2. The van der Waals surface area contributed by atoms with Gasteiger partial charge in [0.2, 0.25) is 0 Å². The summed E-state index contributed by atoms with van der Waals surface area (Å²) in [6.07, 6.45) is 0. The molecule has 0 spiro atoms. The van der Waals surface area contributed by atoms with E-state index in [-0.39, 0.29) is 5.02 Å². The van der Waals surface area contributed by atoms with Gasteiger partial charge >= 0.3 is 0 Å². The molecular weight excluding hydrogens is 341 g/mol. The largest absolute Gasteiger partial charge is 0.207 e. The van der Waals surface area contributed by atoms with E-state index in [0.717, 1.165) is 6.07 Å². The van der Waals surface area contributed by atoms with E-state index in [1.165, 1.54) is 18.2 Å². The molecule has 0 aliphatic rings. The molecule has 0 saturated carbocycles. The van der Waals surface area contributed by atoms with Gasteiger partial charge in [0.1, 0.15) is 17.5 Å². The van der Waals surface area contributed by atoms with Gasteiger partial charge in [-0.15, -0.1) is 0 Å². The number of halogens is 5. The maximum absolute atomic E-state index is 13.3. The van der Waals surface area contributed by atoms with Crippen molar-refractivity contribution < 1.29 is 13.2 Å². The topological polar surface area (TPSA) is 0 Å². The number of benzene rings is 2. The fourth-order valence-corrected chi connectivity index (χ4v) is 2.81. The Balaban J connectivity index is 2.49. The molecule has 1 unspecified atom stereocenters. The molecule has 19 heavy (non-hydrogen) atoms. The van der Waals surface area contributed by atoms with Crippen LogP contribution in [-0.2, 0) is 0 Å². The molecule has 1 atom stereocenters. The zero-order valence-electron chi connectivity index (χ0n) is 9.85. The summed E-state index contributed by atoms with van der Waals surface area (Å²) in [5, 5.41) is 0.203. The summed E-state index contributed by atoms with van der Waals surface area (Å²) in [5.74, 6) is -1.76. The summed E-state index contributed by atoms with van der Waals surface area (Å²) in [7, 11) is 0. The molecule has 5 heteroatoms. The van der Waals surface area contributed by atoms with Gasteiger partial charge in [-0.25, -0.2) is 13.2 Å². The van der Waals surface area contributed by atoms with Crippen LogP contribution in [0.15, 0.2) is 30.3 Å².